The molecule has 1 atom stereocenters. The Morgan fingerprint density at radius 3 is 2.94 bits per heavy atom. The smallest absolute Gasteiger partial charge is 0.135 e. The van der Waals surface area contributed by atoms with E-state index in [4.69, 9.17) is 4.42 Å². The largest absolute Gasteiger partial charge is 0.460 e. The van der Waals surface area contributed by atoms with E-state index in [0.717, 1.165) is 28.9 Å². The molecule has 0 amide bonds. The molecule has 0 saturated carbocycles. The van der Waals surface area contributed by atoms with E-state index in [9.17, 15) is 0 Å². The summed E-state index contributed by atoms with van der Waals surface area (Å²) in [5, 5.41) is 4.61. The maximum absolute atomic E-state index is 5.95. The van der Waals surface area contributed by atoms with E-state index < -0.39 is 0 Å². The minimum atomic E-state index is 0.510. The lowest BCUT2D eigenvalue weighted by Crippen LogP contribution is -2.28. The topological polar surface area (TPSA) is 25.2 Å². The molecule has 0 aliphatic carbocycles. The van der Waals surface area contributed by atoms with Crippen LogP contribution in [0.1, 0.15) is 24.5 Å². The number of furan rings is 1. The number of hydrogen-bond donors (Lipinski definition) is 1. The van der Waals surface area contributed by atoms with E-state index in [0.29, 0.717) is 5.92 Å². The van der Waals surface area contributed by atoms with Gasteiger partial charge in [0.2, 0.25) is 0 Å². The first kappa shape index (κ1) is 10.4. The van der Waals surface area contributed by atoms with Crippen molar-refractivity contribution in [3.05, 3.63) is 34.5 Å². The molecule has 0 spiro atoms. The van der Waals surface area contributed by atoms with Crippen molar-refractivity contribution in [3.63, 3.8) is 0 Å². The fourth-order valence-corrected chi connectivity index (χ4v) is 3.10. The summed E-state index contributed by atoms with van der Waals surface area (Å²) in [4.78, 5) is 0. The van der Waals surface area contributed by atoms with E-state index in [2.05, 4.69) is 27.3 Å². The molecule has 0 radical (unpaired) electrons. The van der Waals surface area contributed by atoms with Crippen molar-refractivity contribution < 1.29 is 4.42 Å². The number of benzene rings is 1. The van der Waals surface area contributed by atoms with Gasteiger partial charge in [-0.1, -0.05) is 12.1 Å². The summed E-state index contributed by atoms with van der Waals surface area (Å²) in [5.41, 5.74) is 0.981. The second kappa shape index (κ2) is 4.22. The predicted molar refractivity (Wildman–Crippen MR) is 68.8 cm³/mol. The first-order valence-corrected chi connectivity index (χ1v) is 6.53. The lowest BCUT2D eigenvalue weighted by molar-refractivity contribution is 0.398. The second-order valence-corrected chi connectivity index (χ2v) is 5.11. The van der Waals surface area contributed by atoms with E-state index >= 15 is 0 Å². The third kappa shape index (κ3) is 1.68. The summed E-state index contributed by atoms with van der Waals surface area (Å²) in [6.07, 6.45) is 2.44. The zero-order valence-corrected chi connectivity index (χ0v) is 10.6. The van der Waals surface area contributed by atoms with Gasteiger partial charge in [0.1, 0.15) is 11.3 Å². The van der Waals surface area contributed by atoms with Gasteiger partial charge < -0.3 is 9.73 Å². The fourth-order valence-electron chi connectivity index (χ4n) is 2.37. The first-order valence-electron chi connectivity index (χ1n) is 5.74. The third-order valence-electron chi connectivity index (χ3n) is 3.23. The number of nitrogens with one attached hydrogen (secondary N) is 1. The van der Waals surface area contributed by atoms with Crippen molar-refractivity contribution in [2.45, 2.75) is 18.8 Å². The van der Waals surface area contributed by atoms with E-state index in [-0.39, 0.29) is 0 Å². The molecule has 1 aliphatic rings. The van der Waals surface area contributed by atoms with Crippen molar-refractivity contribution in [3.8, 4) is 0 Å². The van der Waals surface area contributed by atoms with Crippen LogP contribution in [0.5, 0.6) is 0 Å². The van der Waals surface area contributed by atoms with Gasteiger partial charge in [-0.25, -0.2) is 0 Å². The highest BCUT2D eigenvalue weighted by molar-refractivity contribution is 9.10. The molecule has 1 aromatic heterocycles. The van der Waals surface area contributed by atoms with Gasteiger partial charge in [-0.3, -0.25) is 0 Å². The number of para-hydroxylation sites is 1. The lowest BCUT2D eigenvalue weighted by Gasteiger charge is -2.21. The maximum Gasteiger partial charge on any atom is 0.135 e. The average molecular weight is 280 g/mol. The molecule has 2 heterocycles. The molecule has 16 heavy (non-hydrogen) atoms. The van der Waals surface area contributed by atoms with Gasteiger partial charge in [-0.15, -0.1) is 0 Å². The zero-order chi connectivity index (χ0) is 11.0. The SMILES string of the molecule is Brc1c(C2CCCNC2)oc2ccccc12. The van der Waals surface area contributed by atoms with Gasteiger partial charge in [0.05, 0.1) is 4.47 Å². The Morgan fingerprint density at radius 2 is 2.19 bits per heavy atom. The highest BCUT2D eigenvalue weighted by Gasteiger charge is 2.22. The van der Waals surface area contributed by atoms with Crippen LogP contribution in [0.3, 0.4) is 0 Å². The highest BCUT2D eigenvalue weighted by Crippen LogP contribution is 2.37. The third-order valence-corrected chi connectivity index (χ3v) is 4.05. The molecule has 2 nitrogen and oxygen atoms in total. The lowest BCUT2D eigenvalue weighted by atomic mass is 9.97. The van der Waals surface area contributed by atoms with Crippen molar-refractivity contribution in [2.24, 2.45) is 0 Å². The number of halogens is 1. The van der Waals surface area contributed by atoms with Crippen molar-refractivity contribution in [1.29, 1.82) is 0 Å². The standard InChI is InChI=1S/C13H14BrNO/c14-12-10-5-1-2-6-11(10)16-13(12)9-4-3-7-15-8-9/h1-2,5-6,9,15H,3-4,7-8H2. The summed E-state index contributed by atoms with van der Waals surface area (Å²) in [6, 6.07) is 8.19. The van der Waals surface area contributed by atoms with Crippen LogP contribution in [0.2, 0.25) is 0 Å². The molecule has 1 fully saturated rings. The Morgan fingerprint density at radius 1 is 1.31 bits per heavy atom. The summed E-state index contributed by atoms with van der Waals surface area (Å²) < 4.78 is 7.09. The van der Waals surface area contributed by atoms with Gasteiger partial charge in [0, 0.05) is 17.8 Å². The van der Waals surface area contributed by atoms with Gasteiger partial charge in [-0.2, -0.15) is 0 Å². The molecule has 3 rings (SSSR count). The molecule has 3 heteroatoms. The zero-order valence-electron chi connectivity index (χ0n) is 9.00. The van der Waals surface area contributed by atoms with Gasteiger partial charge >= 0.3 is 0 Å². The normalized spacial score (nSPS) is 21.4. The molecule has 2 aromatic rings. The molecule has 1 unspecified atom stereocenters. The van der Waals surface area contributed by atoms with E-state index in [1.165, 1.54) is 18.2 Å². The van der Waals surface area contributed by atoms with E-state index in [1.54, 1.807) is 0 Å². The summed E-state index contributed by atoms with van der Waals surface area (Å²) in [5.74, 6) is 1.61. The number of fused-ring (bicyclic) bond motifs is 1. The van der Waals surface area contributed by atoms with Crippen molar-refractivity contribution in [1.82, 2.24) is 5.32 Å². The van der Waals surface area contributed by atoms with Gasteiger partial charge in [-0.05, 0) is 47.4 Å². The maximum atomic E-state index is 5.95. The summed E-state index contributed by atoms with van der Waals surface area (Å²) in [6.45, 7) is 2.16. The van der Waals surface area contributed by atoms with Crippen LogP contribution in [0.4, 0.5) is 0 Å². The molecule has 1 aromatic carbocycles. The second-order valence-electron chi connectivity index (χ2n) is 4.32. The van der Waals surface area contributed by atoms with Gasteiger partial charge in [0.25, 0.3) is 0 Å². The summed E-state index contributed by atoms with van der Waals surface area (Å²) in [7, 11) is 0. The number of rotatable bonds is 1. The van der Waals surface area contributed by atoms with E-state index in [1.807, 2.05) is 18.2 Å². The predicted octanol–water partition coefficient (Wildman–Crippen LogP) is 3.66. The number of piperidine rings is 1. The Hall–Kier alpha value is -0.800. The molecule has 1 aliphatic heterocycles. The Labute approximate surface area is 103 Å². The number of hydrogen-bond acceptors (Lipinski definition) is 2. The fraction of sp³-hybridized carbons (Fsp3) is 0.385. The average Bonchev–Trinajstić information content (AvgIpc) is 2.69. The van der Waals surface area contributed by atoms with Crippen molar-refractivity contribution in [2.75, 3.05) is 13.1 Å². The Bertz CT molecular complexity index is 500. The molecular formula is C13H14BrNO. The monoisotopic (exact) mass is 279 g/mol. The molecule has 84 valence electrons. The van der Waals surface area contributed by atoms with Crippen molar-refractivity contribution >= 4 is 26.9 Å². The minimum absolute atomic E-state index is 0.510. The first-order chi connectivity index (χ1) is 7.86. The molecule has 1 N–H and O–H groups in total. The Balaban J connectivity index is 2.05. The van der Waals surface area contributed by atoms with Crippen LogP contribution in [0, 0.1) is 0 Å². The van der Waals surface area contributed by atoms with Crippen LogP contribution in [-0.2, 0) is 0 Å². The molecular weight excluding hydrogens is 266 g/mol. The molecule has 0 bridgehead atoms. The van der Waals surface area contributed by atoms with Gasteiger partial charge in [0.15, 0.2) is 0 Å². The highest BCUT2D eigenvalue weighted by atomic mass is 79.9. The van der Waals surface area contributed by atoms with Crippen LogP contribution in [0.15, 0.2) is 33.2 Å². The van der Waals surface area contributed by atoms with Crippen LogP contribution in [0.25, 0.3) is 11.0 Å². The van der Waals surface area contributed by atoms with Crippen LogP contribution in [-0.4, -0.2) is 13.1 Å². The quantitative estimate of drug-likeness (QED) is 0.862. The van der Waals surface area contributed by atoms with Crippen LogP contribution >= 0.6 is 15.9 Å². The minimum Gasteiger partial charge on any atom is -0.460 e. The molecule has 1 saturated heterocycles. The Kier molecular flexibility index (Phi) is 2.74. The van der Waals surface area contributed by atoms with Crippen LogP contribution < -0.4 is 5.32 Å². The summed E-state index contributed by atoms with van der Waals surface area (Å²) >= 11 is 3.67.